The average molecular weight is 406 g/mol. The van der Waals surface area contributed by atoms with Crippen molar-refractivity contribution in [2.24, 2.45) is 12.0 Å². The minimum atomic E-state index is 0. The van der Waals surface area contributed by atoms with Crippen LogP contribution in [0.5, 0.6) is 0 Å². The molecule has 8 heteroatoms. The summed E-state index contributed by atoms with van der Waals surface area (Å²) in [5, 5.41) is 10.7. The molecule has 0 aliphatic heterocycles. The van der Waals surface area contributed by atoms with E-state index in [1.807, 2.05) is 30.2 Å². The summed E-state index contributed by atoms with van der Waals surface area (Å²) < 4.78 is 1.84. The van der Waals surface area contributed by atoms with Crippen molar-refractivity contribution < 1.29 is 0 Å². The van der Waals surface area contributed by atoms with E-state index in [-0.39, 0.29) is 24.0 Å². The maximum atomic E-state index is 4.23. The smallest absolute Gasteiger partial charge is 0.191 e. The molecule has 2 N–H and O–H groups in total. The van der Waals surface area contributed by atoms with Gasteiger partial charge in [0.05, 0.1) is 30.0 Å². The Labute approximate surface area is 139 Å². The fourth-order valence-electron chi connectivity index (χ4n) is 1.63. The van der Waals surface area contributed by atoms with Crippen molar-refractivity contribution in [1.29, 1.82) is 0 Å². The number of hydrogen-bond donors (Lipinski definition) is 2. The van der Waals surface area contributed by atoms with Crippen LogP contribution in [0.15, 0.2) is 22.8 Å². The molecule has 0 aliphatic rings. The van der Waals surface area contributed by atoms with Gasteiger partial charge in [-0.05, 0) is 13.0 Å². The van der Waals surface area contributed by atoms with Crippen LogP contribution in [-0.4, -0.2) is 27.8 Å². The minimum absolute atomic E-state index is 0. The highest BCUT2D eigenvalue weighted by atomic mass is 127. The number of aryl methyl sites for hydroxylation is 2. The lowest BCUT2D eigenvalue weighted by Crippen LogP contribution is -2.36. The Morgan fingerprint density at radius 2 is 2.15 bits per heavy atom. The van der Waals surface area contributed by atoms with Crippen LogP contribution >= 0.6 is 35.3 Å². The number of aliphatic imine (C=N–C) groups is 1. The van der Waals surface area contributed by atoms with Crippen molar-refractivity contribution in [2.45, 2.75) is 20.0 Å². The van der Waals surface area contributed by atoms with Crippen LogP contribution in [0.2, 0.25) is 0 Å². The largest absolute Gasteiger partial charge is 0.351 e. The van der Waals surface area contributed by atoms with E-state index in [4.69, 9.17) is 0 Å². The second-order valence-corrected chi connectivity index (χ2v) is 5.03. The molecular weight excluding hydrogens is 387 g/mol. The SMILES string of the molecule is CN=C(NCc1scnc1C)NCc1ccnn1C.I. The molecule has 0 bridgehead atoms. The molecule has 0 aliphatic carbocycles. The standard InChI is InChI=1S/C12H18N6S.HI/c1-9-11(19-8-16-9)7-15-12(13-2)14-6-10-4-5-17-18(10)3;/h4-5,8H,6-7H2,1-3H3,(H2,13,14,15);1H. The molecule has 0 spiro atoms. The van der Waals surface area contributed by atoms with Crippen LogP contribution in [0.25, 0.3) is 0 Å². The van der Waals surface area contributed by atoms with E-state index in [1.54, 1.807) is 24.6 Å². The van der Waals surface area contributed by atoms with Crippen molar-refractivity contribution in [3.63, 3.8) is 0 Å². The fraction of sp³-hybridized carbons (Fsp3) is 0.417. The van der Waals surface area contributed by atoms with E-state index >= 15 is 0 Å². The van der Waals surface area contributed by atoms with Crippen LogP contribution in [0.4, 0.5) is 0 Å². The van der Waals surface area contributed by atoms with E-state index in [0.717, 1.165) is 23.9 Å². The molecule has 0 saturated carbocycles. The number of nitrogens with zero attached hydrogens (tertiary/aromatic N) is 4. The molecule has 6 nitrogen and oxygen atoms in total. The predicted octanol–water partition coefficient (Wildman–Crippen LogP) is 1.67. The number of halogens is 1. The van der Waals surface area contributed by atoms with Gasteiger partial charge < -0.3 is 10.6 Å². The quantitative estimate of drug-likeness (QED) is 0.461. The lowest BCUT2D eigenvalue weighted by Gasteiger charge is -2.11. The van der Waals surface area contributed by atoms with Gasteiger partial charge in [-0.2, -0.15) is 5.10 Å². The van der Waals surface area contributed by atoms with E-state index in [0.29, 0.717) is 6.54 Å². The Hall–Kier alpha value is -1.16. The molecule has 2 rings (SSSR count). The number of rotatable bonds is 4. The van der Waals surface area contributed by atoms with E-state index in [2.05, 4.69) is 25.7 Å². The number of guanidine groups is 1. The molecule has 0 atom stereocenters. The Morgan fingerprint density at radius 1 is 1.40 bits per heavy atom. The van der Waals surface area contributed by atoms with Gasteiger partial charge in [0.15, 0.2) is 5.96 Å². The van der Waals surface area contributed by atoms with Gasteiger partial charge in [-0.3, -0.25) is 9.67 Å². The summed E-state index contributed by atoms with van der Waals surface area (Å²) in [6.07, 6.45) is 1.79. The van der Waals surface area contributed by atoms with Crippen LogP contribution in [0, 0.1) is 6.92 Å². The molecule has 0 aromatic carbocycles. The zero-order valence-corrected chi connectivity index (χ0v) is 14.9. The Morgan fingerprint density at radius 3 is 2.70 bits per heavy atom. The summed E-state index contributed by atoms with van der Waals surface area (Å²) in [5.74, 6) is 0.772. The van der Waals surface area contributed by atoms with Crippen molar-refractivity contribution in [3.05, 3.63) is 34.0 Å². The van der Waals surface area contributed by atoms with Crippen molar-refractivity contribution in [2.75, 3.05) is 7.05 Å². The van der Waals surface area contributed by atoms with Gasteiger partial charge in [0.25, 0.3) is 0 Å². The number of thiazole rings is 1. The van der Waals surface area contributed by atoms with Crippen molar-refractivity contribution in [3.8, 4) is 0 Å². The summed E-state index contributed by atoms with van der Waals surface area (Å²) in [4.78, 5) is 9.65. The summed E-state index contributed by atoms with van der Waals surface area (Å²) in [6.45, 7) is 3.44. The average Bonchev–Trinajstić information content (AvgIpc) is 2.99. The molecule has 0 fully saturated rings. The van der Waals surface area contributed by atoms with Crippen LogP contribution in [0.3, 0.4) is 0 Å². The van der Waals surface area contributed by atoms with Gasteiger partial charge in [0, 0.05) is 25.2 Å². The molecule has 20 heavy (non-hydrogen) atoms. The predicted molar refractivity (Wildman–Crippen MR) is 92.5 cm³/mol. The Balaban J connectivity index is 0.00000200. The van der Waals surface area contributed by atoms with E-state index in [9.17, 15) is 0 Å². The first-order valence-corrected chi connectivity index (χ1v) is 6.89. The van der Waals surface area contributed by atoms with Crippen molar-refractivity contribution in [1.82, 2.24) is 25.4 Å². The number of aromatic nitrogens is 3. The maximum absolute atomic E-state index is 4.23. The van der Waals surface area contributed by atoms with E-state index in [1.165, 1.54) is 4.88 Å². The third kappa shape index (κ3) is 4.44. The molecule has 0 radical (unpaired) electrons. The summed E-state index contributed by atoms with van der Waals surface area (Å²) in [7, 11) is 3.69. The first kappa shape index (κ1) is 16.9. The number of nitrogens with one attached hydrogen (secondary N) is 2. The number of hydrogen-bond acceptors (Lipinski definition) is 4. The molecule has 0 unspecified atom stereocenters. The minimum Gasteiger partial charge on any atom is -0.351 e. The summed E-state index contributed by atoms with van der Waals surface area (Å²) in [6, 6.07) is 1.98. The second kappa shape index (κ2) is 8.20. The molecular formula is C12H19IN6S. The highest BCUT2D eigenvalue weighted by molar-refractivity contribution is 14.0. The molecule has 2 heterocycles. The molecule has 2 aromatic rings. The zero-order valence-electron chi connectivity index (χ0n) is 11.8. The molecule has 0 amide bonds. The lowest BCUT2D eigenvalue weighted by atomic mass is 10.4. The monoisotopic (exact) mass is 406 g/mol. The maximum Gasteiger partial charge on any atom is 0.191 e. The fourth-order valence-corrected chi connectivity index (χ4v) is 2.35. The van der Waals surface area contributed by atoms with E-state index < -0.39 is 0 Å². The summed E-state index contributed by atoms with van der Waals surface area (Å²) >= 11 is 1.65. The Bertz CT molecular complexity index is 516. The third-order valence-electron chi connectivity index (χ3n) is 2.84. The molecule has 110 valence electrons. The highest BCUT2D eigenvalue weighted by Gasteiger charge is 2.04. The van der Waals surface area contributed by atoms with Gasteiger partial charge in [0.2, 0.25) is 0 Å². The highest BCUT2D eigenvalue weighted by Crippen LogP contribution is 2.10. The topological polar surface area (TPSA) is 67.1 Å². The van der Waals surface area contributed by atoms with Gasteiger partial charge in [0.1, 0.15) is 0 Å². The van der Waals surface area contributed by atoms with Crippen LogP contribution < -0.4 is 10.6 Å². The van der Waals surface area contributed by atoms with Crippen molar-refractivity contribution >= 4 is 41.3 Å². The van der Waals surface area contributed by atoms with Gasteiger partial charge in [-0.1, -0.05) is 0 Å². The molecule has 0 saturated heterocycles. The zero-order chi connectivity index (χ0) is 13.7. The van der Waals surface area contributed by atoms with Gasteiger partial charge in [-0.25, -0.2) is 4.98 Å². The lowest BCUT2D eigenvalue weighted by molar-refractivity contribution is 0.684. The third-order valence-corrected chi connectivity index (χ3v) is 3.78. The van der Waals surface area contributed by atoms with Crippen LogP contribution in [-0.2, 0) is 20.1 Å². The normalized spacial score (nSPS) is 11.1. The van der Waals surface area contributed by atoms with Gasteiger partial charge >= 0.3 is 0 Å². The second-order valence-electron chi connectivity index (χ2n) is 4.09. The Kier molecular flexibility index (Phi) is 6.93. The van der Waals surface area contributed by atoms with Crippen LogP contribution in [0.1, 0.15) is 16.3 Å². The first-order chi connectivity index (χ1) is 9.20. The van der Waals surface area contributed by atoms with Gasteiger partial charge in [-0.15, -0.1) is 35.3 Å². The first-order valence-electron chi connectivity index (χ1n) is 6.01. The summed E-state index contributed by atoms with van der Waals surface area (Å²) in [5.41, 5.74) is 4.04. The molecule has 2 aromatic heterocycles.